The van der Waals surface area contributed by atoms with Gasteiger partial charge >= 0.3 is 18.1 Å². The molecule has 19 nitrogen and oxygen atoms in total. The SMILES string of the molecule is CNC[C@@H](O)[C@H](CC1CCCCC1)NC(=O)N1CC[C@@H](C2C([C@@](O)(CCCCOC)c3cccc(F)c3F)CCCN2C(=O)N[C@@H](CC2CCCCC2)[C@H](O)CNC)[C@@H](C2C([C@@](O)(CCCCOC)c3cccc(Cl)c3F)CCCN2C(=O)N[C@@H](CC2CCCCC2)[C@H](O)CN)C1. The fourth-order valence-electron chi connectivity index (χ4n) is 18.5. The molecule has 0 aromatic heterocycles. The van der Waals surface area contributed by atoms with Gasteiger partial charge < -0.3 is 82.0 Å². The van der Waals surface area contributed by atoms with E-state index in [1.807, 2.05) is 0 Å². The average molecular weight is 1390 g/mol. The van der Waals surface area contributed by atoms with Gasteiger partial charge in [0.25, 0.3) is 0 Å². The highest BCUT2D eigenvalue weighted by Crippen LogP contribution is 2.53. The predicted octanol–water partition coefficient (Wildman–Crippen LogP) is 10.2. The van der Waals surface area contributed by atoms with Crippen LogP contribution >= 0.6 is 11.6 Å². The Morgan fingerprint density at radius 1 is 0.557 bits per heavy atom. The van der Waals surface area contributed by atoms with Gasteiger partial charge in [-0.2, -0.15) is 0 Å². The number of hydrogen-bond acceptors (Lipinski definition) is 13. The Bertz CT molecular complexity index is 2720. The molecule has 6 amide bonds. The summed E-state index contributed by atoms with van der Waals surface area (Å²) in [6, 6.07) is 2.30. The van der Waals surface area contributed by atoms with Crippen LogP contribution in [0, 0.1) is 58.9 Å². The number of ether oxygens (including phenoxy) is 2. The lowest BCUT2D eigenvalue weighted by Gasteiger charge is -2.59. The fraction of sp³-hybridized carbons (Fsp3) is 0.797. The van der Waals surface area contributed by atoms with Gasteiger partial charge in [-0.15, -0.1) is 0 Å². The van der Waals surface area contributed by atoms with Crippen molar-refractivity contribution in [1.29, 1.82) is 0 Å². The number of urea groups is 3. The number of methoxy groups -OCH3 is 2. The van der Waals surface area contributed by atoms with Crippen molar-refractivity contribution in [2.45, 2.75) is 246 Å². The van der Waals surface area contributed by atoms with E-state index in [0.29, 0.717) is 71.0 Å². The van der Waals surface area contributed by atoms with Crippen molar-refractivity contribution >= 4 is 29.7 Å². The monoisotopic (exact) mass is 1390 g/mol. The normalized spacial score (nSPS) is 25.9. The third-order valence-corrected chi connectivity index (χ3v) is 23.8. The molecule has 0 bridgehead atoms. The number of nitrogens with zero attached hydrogens (tertiary/aromatic N) is 3. The number of carbonyl (C=O) groups excluding carboxylic acids is 3. The van der Waals surface area contributed by atoms with Crippen LogP contribution in [-0.4, -0.2) is 194 Å². The topological polar surface area (TPSA) is 267 Å². The van der Waals surface area contributed by atoms with E-state index in [1.165, 1.54) is 24.3 Å². The minimum atomic E-state index is -2.18. The zero-order chi connectivity index (χ0) is 69.7. The molecule has 0 radical (unpaired) electrons. The Morgan fingerprint density at radius 2 is 0.979 bits per heavy atom. The quantitative estimate of drug-likeness (QED) is 0.0298. The van der Waals surface area contributed by atoms with Gasteiger partial charge in [0.2, 0.25) is 0 Å². The molecule has 3 saturated carbocycles. The number of piperidine rings is 3. The van der Waals surface area contributed by atoms with Crippen molar-refractivity contribution in [1.82, 2.24) is 41.3 Å². The van der Waals surface area contributed by atoms with Crippen molar-refractivity contribution in [3.8, 4) is 0 Å². The van der Waals surface area contributed by atoms with E-state index in [0.717, 1.165) is 102 Å². The molecule has 3 aliphatic heterocycles. The van der Waals surface area contributed by atoms with Crippen LogP contribution in [0.4, 0.5) is 27.6 Å². The van der Waals surface area contributed by atoms with Gasteiger partial charge in [0, 0.05) is 114 Å². The lowest BCUT2D eigenvalue weighted by atomic mass is 9.59. The first-order valence-corrected chi connectivity index (χ1v) is 37.7. The summed E-state index contributed by atoms with van der Waals surface area (Å²) in [7, 11) is 6.63. The molecular weight excluding hydrogens is 1270 g/mol. The maximum absolute atomic E-state index is 17.5. The second kappa shape index (κ2) is 38.8. The van der Waals surface area contributed by atoms with Crippen LogP contribution in [0.2, 0.25) is 5.02 Å². The second-order valence-corrected chi connectivity index (χ2v) is 30.2. The summed E-state index contributed by atoms with van der Waals surface area (Å²) in [6.45, 7) is 1.05. The maximum Gasteiger partial charge on any atom is 0.317 e. The molecule has 6 aliphatic rings. The summed E-state index contributed by atoms with van der Waals surface area (Å²) in [5, 5.41) is 80.0. The summed E-state index contributed by atoms with van der Waals surface area (Å²) in [5.74, 6) is -6.48. The lowest BCUT2D eigenvalue weighted by Crippen LogP contribution is -2.69. The zero-order valence-electron chi connectivity index (χ0n) is 58.7. The van der Waals surface area contributed by atoms with Gasteiger partial charge in [0.15, 0.2) is 11.6 Å². The van der Waals surface area contributed by atoms with E-state index >= 15 is 27.6 Å². The van der Waals surface area contributed by atoms with Crippen molar-refractivity contribution in [2.75, 3.05) is 87.3 Å². The Kier molecular flexibility index (Phi) is 31.5. The van der Waals surface area contributed by atoms with Gasteiger partial charge in [-0.1, -0.05) is 132 Å². The number of likely N-dealkylation sites (tertiary alicyclic amines) is 3. The van der Waals surface area contributed by atoms with E-state index in [1.54, 1.807) is 49.1 Å². The molecular formula is C74H121ClF3N9O10. The Hall–Kier alpha value is -4.07. The highest BCUT2D eigenvalue weighted by atomic mass is 35.5. The first kappa shape index (κ1) is 78.6. The number of halogens is 4. The van der Waals surface area contributed by atoms with E-state index < -0.39 is 119 Å². The smallest absolute Gasteiger partial charge is 0.317 e. The Balaban J connectivity index is 1.37. The van der Waals surface area contributed by atoms with E-state index in [-0.39, 0.29) is 112 Å². The van der Waals surface area contributed by atoms with Crippen LogP contribution in [0.15, 0.2) is 36.4 Å². The third kappa shape index (κ3) is 20.4. The second-order valence-electron chi connectivity index (χ2n) is 29.8. The number of aliphatic hydroxyl groups is 5. The molecule has 0 spiro atoms. The summed E-state index contributed by atoms with van der Waals surface area (Å²) in [4.78, 5) is 53.3. The highest BCUT2D eigenvalue weighted by Gasteiger charge is 2.59. The lowest BCUT2D eigenvalue weighted by molar-refractivity contribution is -0.132. The van der Waals surface area contributed by atoms with Gasteiger partial charge in [-0.25, -0.2) is 27.6 Å². The molecule has 3 aliphatic carbocycles. The number of carbonyl (C=O) groups is 3. The van der Waals surface area contributed by atoms with E-state index in [4.69, 9.17) is 26.8 Å². The number of nitrogens with two attached hydrogens (primary N) is 1. The van der Waals surface area contributed by atoms with Crippen LogP contribution in [0.5, 0.6) is 0 Å². The first-order valence-electron chi connectivity index (χ1n) is 37.4. The number of aliphatic hydroxyl groups excluding tert-OH is 3. The van der Waals surface area contributed by atoms with Crippen LogP contribution in [-0.2, 0) is 20.7 Å². The molecule has 3 heterocycles. The largest absolute Gasteiger partial charge is 0.390 e. The summed E-state index contributed by atoms with van der Waals surface area (Å²) >= 11 is 6.74. The number of amides is 6. The number of unbranched alkanes of at least 4 members (excludes halogenated alkanes) is 2. The molecule has 2 aromatic carbocycles. The molecule has 14 atom stereocenters. The molecule has 97 heavy (non-hydrogen) atoms. The Morgan fingerprint density at radius 3 is 1.42 bits per heavy atom. The van der Waals surface area contributed by atoms with Crippen LogP contribution in [0.25, 0.3) is 0 Å². The van der Waals surface area contributed by atoms with Crippen LogP contribution < -0.4 is 32.3 Å². The highest BCUT2D eigenvalue weighted by molar-refractivity contribution is 6.30. The zero-order valence-corrected chi connectivity index (χ0v) is 59.5. The number of benzene rings is 2. The summed E-state index contributed by atoms with van der Waals surface area (Å²) < 4.78 is 61.8. The first-order chi connectivity index (χ1) is 46.8. The third-order valence-electron chi connectivity index (χ3n) is 23.5. The van der Waals surface area contributed by atoms with E-state index in [2.05, 4.69) is 26.6 Å². The van der Waals surface area contributed by atoms with Gasteiger partial charge in [0.05, 0.1) is 52.7 Å². The minimum Gasteiger partial charge on any atom is -0.390 e. The van der Waals surface area contributed by atoms with E-state index in [9.17, 15) is 25.5 Å². The predicted molar refractivity (Wildman–Crippen MR) is 372 cm³/mol. The summed E-state index contributed by atoms with van der Waals surface area (Å²) in [6.07, 6.45) is 16.1. The number of likely N-dealkylation sites (N-methyl/N-ethyl adjacent to an activating group) is 2. The summed E-state index contributed by atoms with van der Waals surface area (Å²) in [5.41, 5.74) is 1.66. The molecule has 12 N–H and O–H groups in total. The molecule has 23 heteroatoms. The van der Waals surface area contributed by atoms with Gasteiger partial charge in [0.1, 0.15) is 5.82 Å². The van der Waals surface area contributed by atoms with Gasteiger partial charge in [-0.05, 0) is 140 Å². The standard InChI is InChI=1S/C74H121ClF3N9O10/c1-80-46-64(89)61(43-50-24-10-6-11-25-50)82-70(91)85-39-34-52(68-56(74(95,36-15-17-41-97-4)55-29-19-33-59(76)67(55)78)30-20-37-86(68)72(93)84-62(65(90)47-81-2)44-51-26-12-7-13-27-51)53(48-85)69-57(73(94,35-14-16-40-96-3)54-28-18-32-58(75)66(54)77)31-21-38-87(69)71(92)83-60(63(88)45-79)42-49-22-8-5-9-23-49/h18-19,28-29,32-33,49-53,56-57,60-65,68-69,80-81,88-90,94-95H,5-17,20-27,30-31,34-48,79H2,1-4H3,(H,82,91)(H,83,92)(H,84,93)/t52-,53+,56?,57?,60+,61+,62+,63-,64-,65-,68?,69?,73-,74-/m1/s1. The van der Waals surface area contributed by atoms with Crippen molar-refractivity contribution in [3.05, 3.63) is 70.0 Å². The number of rotatable bonds is 33. The maximum atomic E-state index is 17.5. The minimum absolute atomic E-state index is 0.0216. The molecule has 6 fully saturated rings. The number of hydrogen-bond donors (Lipinski definition) is 11. The fourth-order valence-corrected chi connectivity index (χ4v) is 18.6. The van der Waals surface area contributed by atoms with Crippen LogP contribution in [0.1, 0.15) is 197 Å². The van der Waals surface area contributed by atoms with Crippen molar-refractivity contribution < 1.29 is 62.6 Å². The molecule has 2 aromatic rings. The van der Waals surface area contributed by atoms with Crippen LogP contribution in [0.3, 0.4) is 0 Å². The Labute approximate surface area is 581 Å². The molecule has 4 unspecified atom stereocenters. The number of nitrogens with one attached hydrogen (secondary N) is 5. The average Bonchev–Trinajstić information content (AvgIpc) is 0.731. The molecule has 550 valence electrons. The van der Waals surface area contributed by atoms with Crippen molar-refractivity contribution in [3.63, 3.8) is 0 Å². The van der Waals surface area contributed by atoms with Crippen molar-refractivity contribution in [2.24, 2.45) is 47.2 Å². The molecule has 8 rings (SSSR count). The molecule has 3 saturated heterocycles. The van der Waals surface area contributed by atoms with Gasteiger partial charge in [-0.3, -0.25) is 0 Å².